The van der Waals surface area contributed by atoms with Crippen LogP contribution in [0.2, 0.25) is 0 Å². The summed E-state index contributed by atoms with van der Waals surface area (Å²) in [5, 5.41) is 9.52. The zero-order valence-electron chi connectivity index (χ0n) is 10.8. The molecule has 19 heavy (non-hydrogen) atoms. The summed E-state index contributed by atoms with van der Waals surface area (Å²) in [5.41, 5.74) is 0. The first kappa shape index (κ1) is 12.8. The van der Waals surface area contributed by atoms with Crippen molar-refractivity contribution >= 4 is 11.3 Å². The number of rotatable bonds is 4. The van der Waals surface area contributed by atoms with Crippen LogP contribution in [0.1, 0.15) is 23.0 Å². The minimum Gasteiger partial charge on any atom is -0.338 e. The quantitative estimate of drug-likeness (QED) is 0.919. The van der Waals surface area contributed by atoms with Crippen LogP contribution in [0, 0.1) is 0 Å². The molecule has 1 aliphatic rings. The molecule has 0 aromatic carbocycles. The highest BCUT2D eigenvalue weighted by atomic mass is 32.1. The third-order valence-corrected chi connectivity index (χ3v) is 4.09. The van der Waals surface area contributed by atoms with Gasteiger partial charge in [0.05, 0.1) is 6.54 Å². The highest BCUT2D eigenvalue weighted by molar-refractivity contribution is 7.09. The van der Waals surface area contributed by atoms with Gasteiger partial charge < -0.3 is 9.84 Å². The minimum atomic E-state index is 0.730. The van der Waals surface area contributed by atoms with Crippen molar-refractivity contribution in [2.45, 2.75) is 19.4 Å². The van der Waals surface area contributed by atoms with Crippen molar-refractivity contribution in [1.29, 1.82) is 0 Å². The van der Waals surface area contributed by atoms with Crippen LogP contribution in [0.25, 0.3) is 0 Å². The molecule has 0 aliphatic carbocycles. The van der Waals surface area contributed by atoms with E-state index >= 15 is 0 Å². The molecule has 0 saturated carbocycles. The largest absolute Gasteiger partial charge is 0.338 e. The van der Waals surface area contributed by atoms with Gasteiger partial charge in [0.15, 0.2) is 5.82 Å². The maximum absolute atomic E-state index is 5.34. The second-order valence-corrected chi connectivity index (χ2v) is 5.77. The Hall–Kier alpha value is -1.24. The number of hydrogen-bond donors (Lipinski definition) is 1. The fourth-order valence-corrected chi connectivity index (χ4v) is 2.95. The van der Waals surface area contributed by atoms with Gasteiger partial charge in [-0.05, 0) is 31.0 Å². The number of nitrogens with one attached hydrogen (secondary N) is 1. The summed E-state index contributed by atoms with van der Waals surface area (Å²) in [6.07, 6.45) is 1.94. The van der Waals surface area contributed by atoms with Crippen LogP contribution in [-0.2, 0) is 13.0 Å². The van der Waals surface area contributed by atoms with E-state index < -0.39 is 0 Å². The van der Waals surface area contributed by atoms with E-state index in [2.05, 4.69) is 31.8 Å². The Kier molecular flexibility index (Phi) is 4.22. The third-order valence-electron chi connectivity index (χ3n) is 3.21. The Bertz CT molecular complexity index is 488. The molecule has 1 fully saturated rings. The van der Waals surface area contributed by atoms with Gasteiger partial charge in [-0.1, -0.05) is 11.2 Å². The van der Waals surface area contributed by atoms with Crippen molar-refractivity contribution in [3.63, 3.8) is 0 Å². The van der Waals surface area contributed by atoms with E-state index in [1.807, 2.05) is 6.07 Å². The van der Waals surface area contributed by atoms with Crippen molar-refractivity contribution in [3.05, 3.63) is 34.1 Å². The summed E-state index contributed by atoms with van der Waals surface area (Å²) in [6.45, 7) is 5.04. The predicted molar refractivity (Wildman–Crippen MR) is 74.2 cm³/mol. The maximum Gasteiger partial charge on any atom is 0.240 e. The Balaban J connectivity index is 1.58. The molecule has 0 spiro atoms. The Morgan fingerprint density at radius 1 is 1.37 bits per heavy atom. The SMILES string of the molecule is c1csc(Cc2noc(CN3CCCNCC3)n2)c1. The number of thiophene rings is 1. The average Bonchev–Trinajstić information content (AvgIpc) is 2.99. The highest BCUT2D eigenvalue weighted by Crippen LogP contribution is 2.13. The molecule has 1 N–H and O–H groups in total. The summed E-state index contributed by atoms with van der Waals surface area (Å²) in [7, 11) is 0. The first-order chi connectivity index (χ1) is 9.40. The number of hydrogen-bond acceptors (Lipinski definition) is 6. The molecule has 0 radical (unpaired) electrons. The molecule has 6 heteroatoms. The lowest BCUT2D eigenvalue weighted by atomic mass is 10.3. The lowest BCUT2D eigenvalue weighted by Crippen LogP contribution is -2.27. The van der Waals surface area contributed by atoms with Crippen LogP contribution in [0.5, 0.6) is 0 Å². The van der Waals surface area contributed by atoms with Crippen LogP contribution in [0.4, 0.5) is 0 Å². The van der Waals surface area contributed by atoms with Gasteiger partial charge in [-0.3, -0.25) is 4.90 Å². The molecule has 102 valence electrons. The summed E-state index contributed by atoms with van der Waals surface area (Å²) in [4.78, 5) is 8.11. The van der Waals surface area contributed by atoms with Gasteiger partial charge in [0.25, 0.3) is 0 Å². The van der Waals surface area contributed by atoms with Gasteiger partial charge in [-0.25, -0.2) is 0 Å². The fraction of sp³-hybridized carbons (Fsp3) is 0.538. The van der Waals surface area contributed by atoms with E-state index in [4.69, 9.17) is 4.52 Å². The van der Waals surface area contributed by atoms with Crippen LogP contribution in [-0.4, -0.2) is 41.2 Å². The summed E-state index contributed by atoms with van der Waals surface area (Å²) < 4.78 is 5.34. The molecular weight excluding hydrogens is 260 g/mol. The standard InChI is InChI=1S/C13H18N4OS/c1-3-11(19-8-1)9-12-15-13(18-16-12)10-17-6-2-4-14-5-7-17/h1,3,8,14H,2,4-7,9-10H2. The van der Waals surface area contributed by atoms with Crippen LogP contribution >= 0.6 is 11.3 Å². The zero-order valence-corrected chi connectivity index (χ0v) is 11.7. The van der Waals surface area contributed by atoms with E-state index in [-0.39, 0.29) is 0 Å². The average molecular weight is 278 g/mol. The Morgan fingerprint density at radius 3 is 3.26 bits per heavy atom. The monoisotopic (exact) mass is 278 g/mol. The third kappa shape index (κ3) is 3.62. The molecule has 2 aromatic heterocycles. The minimum absolute atomic E-state index is 0.730. The van der Waals surface area contributed by atoms with Crippen molar-refractivity contribution < 1.29 is 4.52 Å². The van der Waals surface area contributed by atoms with Crippen molar-refractivity contribution in [2.24, 2.45) is 0 Å². The lowest BCUT2D eigenvalue weighted by Gasteiger charge is -2.16. The van der Waals surface area contributed by atoms with Crippen molar-refractivity contribution in [3.8, 4) is 0 Å². The first-order valence-corrected chi connectivity index (χ1v) is 7.55. The highest BCUT2D eigenvalue weighted by Gasteiger charge is 2.14. The van der Waals surface area contributed by atoms with Gasteiger partial charge >= 0.3 is 0 Å². The van der Waals surface area contributed by atoms with Crippen LogP contribution in [0.3, 0.4) is 0 Å². The first-order valence-electron chi connectivity index (χ1n) is 6.67. The zero-order chi connectivity index (χ0) is 12.9. The van der Waals surface area contributed by atoms with E-state index in [0.29, 0.717) is 0 Å². The maximum atomic E-state index is 5.34. The van der Waals surface area contributed by atoms with E-state index in [9.17, 15) is 0 Å². The fourth-order valence-electron chi connectivity index (χ4n) is 2.25. The van der Waals surface area contributed by atoms with Crippen molar-refractivity contribution in [2.75, 3.05) is 26.2 Å². The molecule has 0 amide bonds. The predicted octanol–water partition coefficient (Wildman–Crippen LogP) is 1.52. The van der Waals surface area contributed by atoms with Gasteiger partial charge in [-0.15, -0.1) is 11.3 Å². The molecule has 1 saturated heterocycles. The molecule has 2 aromatic rings. The topological polar surface area (TPSA) is 54.2 Å². The van der Waals surface area contributed by atoms with Gasteiger partial charge in [-0.2, -0.15) is 4.98 Å². The number of aromatic nitrogens is 2. The molecule has 5 nitrogen and oxygen atoms in total. The second-order valence-electron chi connectivity index (χ2n) is 4.74. The number of nitrogens with zero attached hydrogens (tertiary/aromatic N) is 3. The Morgan fingerprint density at radius 2 is 2.37 bits per heavy atom. The van der Waals surface area contributed by atoms with Gasteiger partial charge in [0, 0.05) is 24.4 Å². The van der Waals surface area contributed by atoms with Gasteiger partial charge in [0.1, 0.15) is 0 Å². The molecule has 0 atom stereocenters. The molecule has 3 rings (SSSR count). The molecular formula is C13H18N4OS. The molecule has 0 bridgehead atoms. The molecule has 0 unspecified atom stereocenters. The van der Waals surface area contributed by atoms with E-state index in [1.165, 1.54) is 11.3 Å². The van der Waals surface area contributed by atoms with Crippen LogP contribution in [0.15, 0.2) is 22.0 Å². The summed E-state index contributed by atoms with van der Waals surface area (Å²) in [6, 6.07) is 4.15. The van der Waals surface area contributed by atoms with E-state index in [1.54, 1.807) is 11.3 Å². The Labute approximate surface area is 116 Å². The summed E-state index contributed by atoms with van der Waals surface area (Å²) >= 11 is 1.73. The molecule has 1 aliphatic heterocycles. The molecule has 3 heterocycles. The van der Waals surface area contributed by atoms with E-state index in [0.717, 1.165) is 50.9 Å². The van der Waals surface area contributed by atoms with Gasteiger partial charge in [0.2, 0.25) is 5.89 Å². The smallest absolute Gasteiger partial charge is 0.240 e. The lowest BCUT2D eigenvalue weighted by molar-refractivity contribution is 0.238. The second kappa shape index (κ2) is 6.27. The van der Waals surface area contributed by atoms with Crippen molar-refractivity contribution in [1.82, 2.24) is 20.4 Å². The summed E-state index contributed by atoms with van der Waals surface area (Å²) in [5.74, 6) is 1.51. The normalized spacial score (nSPS) is 17.5. The van der Waals surface area contributed by atoms with Crippen LogP contribution < -0.4 is 5.32 Å².